The lowest BCUT2D eigenvalue weighted by Gasteiger charge is -2.34. The van der Waals surface area contributed by atoms with E-state index >= 15 is 0 Å². The Balaban J connectivity index is 2.27. The molecule has 1 fully saturated rings. The van der Waals surface area contributed by atoms with Gasteiger partial charge in [-0.1, -0.05) is 22.0 Å². The molecule has 1 saturated heterocycles. The van der Waals surface area contributed by atoms with Crippen LogP contribution in [0.5, 0.6) is 0 Å². The first-order valence-corrected chi connectivity index (χ1v) is 6.48. The minimum Gasteiger partial charge on any atom is -0.314 e. The zero-order valence-electron chi connectivity index (χ0n) is 9.43. The zero-order chi connectivity index (χ0) is 12.3. The summed E-state index contributed by atoms with van der Waals surface area (Å²) in [7, 11) is 0. The Hall–Kier alpha value is -0.520. The van der Waals surface area contributed by atoms with Crippen molar-refractivity contribution in [1.29, 1.82) is 0 Å². The molecular weight excluding hydrogens is 290 g/mol. The third-order valence-corrected chi connectivity index (χ3v) is 3.76. The number of nitrogens with one attached hydrogen (secondary N) is 1. The van der Waals surface area contributed by atoms with Crippen LogP contribution in [0, 0.1) is 5.82 Å². The van der Waals surface area contributed by atoms with Crippen molar-refractivity contribution in [1.82, 2.24) is 10.2 Å². The summed E-state index contributed by atoms with van der Waals surface area (Å²) in [6, 6.07) is 4.26. The van der Waals surface area contributed by atoms with Gasteiger partial charge in [-0.05, 0) is 12.1 Å². The lowest BCUT2D eigenvalue weighted by atomic mass is 10.0. The molecule has 1 atom stereocenters. The molecule has 2 nitrogen and oxygen atoms in total. The van der Waals surface area contributed by atoms with E-state index in [2.05, 4.69) is 21.2 Å². The molecule has 17 heavy (non-hydrogen) atoms. The van der Waals surface area contributed by atoms with Crippen LogP contribution in [0.3, 0.4) is 0 Å². The highest BCUT2D eigenvalue weighted by atomic mass is 79.9. The maximum Gasteiger partial charge on any atom is 0.129 e. The summed E-state index contributed by atoms with van der Waals surface area (Å²) in [5.41, 5.74) is 0.428. The third-order valence-electron chi connectivity index (χ3n) is 3.07. The van der Waals surface area contributed by atoms with E-state index < -0.39 is 12.7 Å². The Morgan fingerprint density at radius 3 is 2.65 bits per heavy atom. The van der Waals surface area contributed by atoms with Gasteiger partial charge in [0, 0.05) is 36.2 Å². The van der Waals surface area contributed by atoms with Crippen LogP contribution in [0.2, 0.25) is 0 Å². The average molecular weight is 305 g/mol. The van der Waals surface area contributed by atoms with Crippen molar-refractivity contribution in [3.8, 4) is 0 Å². The van der Waals surface area contributed by atoms with E-state index in [4.69, 9.17) is 0 Å². The molecule has 1 aliphatic heterocycles. The smallest absolute Gasteiger partial charge is 0.129 e. The molecule has 1 aliphatic rings. The van der Waals surface area contributed by atoms with Gasteiger partial charge in [0.1, 0.15) is 12.5 Å². The lowest BCUT2D eigenvalue weighted by molar-refractivity contribution is 0.144. The molecule has 0 radical (unpaired) electrons. The van der Waals surface area contributed by atoms with Crippen molar-refractivity contribution in [3.05, 3.63) is 34.1 Å². The Morgan fingerprint density at radius 2 is 2.06 bits per heavy atom. The van der Waals surface area contributed by atoms with E-state index in [1.807, 2.05) is 4.90 Å². The first-order valence-electron chi connectivity index (χ1n) is 5.68. The molecule has 1 aromatic carbocycles. The molecule has 5 heteroatoms. The topological polar surface area (TPSA) is 15.3 Å². The van der Waals surface area contributed by atoms with Crippen LogP contribution in [0.1, 0.15) is 11.6 Å². The highest BCUT2D eigenvalue weighted by Gasteiger charge is 2.26. The number of piperazine rings is 1. The van der Waals surface area contributed by atoms with Crippen LogP contribution in [0.4, 0.5) is 8.78 Å². The highest BCUT2D eigenvalue weighted by Crippen LogP contribution is 2.30. The summed E-state index contributed by atoms with van der Waals surface area (Å²) in [5.74, 6) is -0.347. The van der Waals surface area contributed by atoms with Gasteiger partial charge >= 0.3 is 0 Å². The minimum atomic E-state index is -0.570. The molecule has 1 heterocycles. The van der Waals surface area contributed by atoms with Gasteiger partial charge in [-0.25, -0.2) is 8.78 Å². The van der Waals surface area contributed by atoms with Crippen molar-refractivity contribution < 1.29 is 8.78 Å². The summed E-state index contributed by atoms with van der Waals surface area (Å²) < 4.78 is 27.7. The van der Waals surface area contributed by atoms with Gasteiger partial charge in [0.05, 0.1) is 6.04 Å². The van der Waals surface area contributed by atoms with Crippen LogP contribution in [0.15, 0.2) is 22.7 Å². The number of nitrogens with zero attached hydrogens (tertiary/aromatic N) is 1. The van der Waals surface area contributed by atoms with Crippen LogP contribution in [0.25, 0.3) is 0 Å². The van der Waals surface area contributed by atoms with E-state index in [0.29, 0.717) is 10.0 Å². The molecule has 0 spiro atoms. The third kappa shape index (κ3) is 2.84. The Kier molecular flexibility index (Phi) is 4.48. The average Bonchev–Trinajstić information content (AvgIpc) is 2.35. The van der Waals surface area contributed by atoms with Crippen molar-refractivity contribution >= 4 is 15.9 Å². The second-order valence-electron chi connectivity index (χ2n) is 4.09. The Morgan fingerprint density at radius 1 is 1.35 bits per heavy atom. The molecule has 2 rings (SSSR count). The molecule has 0 saturated carbocycles. The van der Waals surface area contributed by atoms with E-state index in [1.165, 1.54) is 6.07 Å². The van der Waals surface area contributed by atoms with E-state index in [9.17, 15) is 8.78 Å². The number of benzene rings is 1. The van der Waals surface area contributed by atoms with Crippen LogP contribution in [-0.4, -0.2) is 37.8 Å². The normalized spacial score (nSPS) is 19.2. The molecular formula is C12H15BrF2N2. The number of hydrogen-bond acceptors (Lipinski definition) is 2. The van der Waals surface area contributed by atoms with Gasteiger partial charge < -0.3 is 5.32 Å². The van der Waals surface area contributed by atoms with Crippen molar-refractivity contribution in [2.45, 2.75) is 6.04 Å². The van der Waals surface area contributed by atoms with E-state index in [-0.39, 0.29) is 5.82 Å². The summed E-state index contributed by atoms with van der Waals surface area (Å²) in [5, 5.41) is 3.20. The monoisotopic (exact) mass is 304 g/mol. The number of hydrogen-bond donors (Lipinski definition) is 1. The standard InChI is InChI=1S/C12H15BrF2N2/c13-9-2-1-3-10(15)12(9)11(8-14)17-6-4-16-5-7-17/h1-3,11,16H,4-8H2/t11-/m0/s1. The highest BCUT2D eigenvalue weighted by molar-refractivity contribution is 9.10. The molecule has 0 aromatic heterocycles. The van der Waals surface area contributed by atoms with Crippen molar-refractivity contribution in [3.63, 3.8) is 0 Å². The summed E-state index contributed by atoms with van der Waals surface area (Å²) >= 11 is 3.31. The zero-order valence-corrected chi connectivity index (χ0v) is 11.0. The van der Waals surface area contributed by atoms with Gasteiger partial charge in [0.25, 0.3) is 0 Å². The molecule has 0 amide bonds. The molecule has 0 aliphatic carbocycles. The number of rotatable bonds is 3. The van der Waals surface area contributed by atoms with Gasteiger partial charge in [-0.15, -0.1) is 0 Å². The van der Waals surface area contributed by atoms with Crippen LogP contribution in [-0.2, 0) is 0 Å². The van der Waals surface area contributed by atoms with Gasteiger partial charge in [0.15, 0.2) is 0 Å². The molecule has 0 bridgehead atoms. The molecule has 94 valence electrons. The fourth-order valence-electron chi connectivity index (χ4n) is 2.18. The van der Waals surface area contributed by atoms with Gasteiger partial charge in [-0.2, -0.15) is 0 Å². The van der Waals surface area contributed by atoms with Crippen molar-refractivity contribution in [2.75, 3.05) is 32.9 Å². The van der Waals surface area contributed by atoms with Gasteiger partial charge in [-0.3, -0.25) is 4.90 Å². The SMILES string of the molecule is FC[C@@H](c1c(F)cccc1Br)N1CCNCC1. The fourth-order valence-corrected chi connectivity index (χ4v) is 2.79. The summed E-state index contributed by atoms with van der Waals surface area (Å²) in [4.78, 5) is 1.99. The molecule has 1 N–H and O–H groups in total. The number of halogens is 3. The second kappa shape index (κ2) is 5.89. The Labute approximate surface area is 108 Å². The van der Waals surface area contributed by atoms with Crippen molar-refractivity contribution in [2.24, 2.45) is 0 Å². The predicted molar refractivity (Wildman–Crippen MR) is 67.3 cm³/mol. The Bertz CT molecular complexity index is 361. The van der Waals surface area contributed by atoms with Gasteiger partial charge in [0.2, 0.25) is 0 Å². The first kappa shape index (κ1) is 12.9. The maximum absolute atomic E-state index is 13.8. The first-order chi connectivity index (χ1) is 8.24. The number of alkyl halides is 1. The largest absolute Gasteiger partial charge is 0.314 e. The molecule has 0 unspecified atom stereocenters. The summed E-state index contributed by atoms with van der Waals surface area (Å²) in [6.45, 7) is 2.56. The van der Waals surface area contributed by atoms with E-state index in [1.54, 1.807) is 12.1 Å². The lowest BCUT2D eigenvalue weighted by Crippen LogP contribution is -2.46. The maximum atomic E-state index is 13.8. The molecule has 1 aromatic rings. The quantitative estimate of drug-likeness (QED) is 0.923. The van der Waals surface area contributed by atoms with Crippen LogP contribution < -0.4 is 5.32 Å². The summed E-state index contributed by atoms with van der Waals surface area (Å²) in [6.07, 6.45) is 0. The fraction of sp³-hybridized carbons (Fsp3) is 0.500. The van der Waals surface area contributed by atoms with Crippen LogP contribution >= 0.6 is 15.9 Å². The predicted octanol–water partition coefficient (Wildman–Crippen LogP) is 2.50. The van der Waals surface area contributed by atoms with E-state index in [0.717, 1.165) is 26.2 Å². The second-order valence-corrected chi connectivity index (χ2v) is 4.95. The minimum absolute atomic E-state index is 0.347.